The maximum atomic E-state index is 10.8. The summed E-state index contributed by atoms with van der Waals surface area (Å²) >= 11 is 0. The van der Waals surface area contributed by atoms with Crippen LogP contribution in [0.25, 0.3) is 11.3 Å². The smallest absolute Gasteiger partial charge is 0.322 e. The number of nitrogens with zero attached hydrogens (tertiary/aromatic N) is 4. The molecule has 0 aliphatic rings. The van der Waals surface area contributed by atoms with Crippen molar-refractivity contribution in [3.8, 4) is 11.3 Å². The first kappa shape index (κ1) is 18.7. The van der Waals surface area contributed by atoms with Crippen LogP contribution in [-0.2, 0) is 11.3 Å². The Bertz CT molecular complexity index is 979. The van der Waals surface area contributed by atoms with Crippen molar-refractivity contribution in [3.05, 3.63) is 70.5 Å². The molecule has 0 aliphatic carbocycles. The number of carbonyl (C=O) groups is 1. The molecule has 0 radical (unpaired) electrons. The van der Waals surface area contributed by atoms with Gasteiger partial charge in [-0.2, -0.15) is 4.98 Å². The van der Waals surface area contributed by atoms with E-state index in [-0.39, 0.29) is 18.2 Å². The van der Waals surface area contributed by atoms with Crippen LogP contribution in [0.15, 0.2) is 54.9 Å². The minimum absolute atomic E-state index is 0.0183. The normalized spacial score (nSPS) is 10.3. The molecule has 0 saturated carbocycles. The van der Waals surface area contributed by atoms with Crippen LogP contribution in [0.2, 0.25) is 0 Å². The first-order valence-electron chi connectivity index (χ1n) is 8.23. The highest BCUT2D eigenvalue weighted by atomic mass is 16.6. The molecular formula is C18H16N6O4. The zero-order valence-corrected chi connectivity index (χ0v) is 14.6. The fourth-order valence-corrected chi connectivity index (χ4v) is 2.36. The lowest BCUT2D eigenvalue weighted by atomic mass is 10.2. The van der Waals surface area contributed by atoms with Crippen molar-refractivity contribution < 1.29 is 14.8 Å². The Kier molecular flexibility index (Phi) is 5.70. The molecule has 0 fully saturated rings. The lowest BCUT2D eigenvalue weighted by molar-refractivity contribution is -0.384. The minimum atomic E-state index is -1.03. The Labute approximate surface area is 159 Å². The number of aliphatic carboxylic acids is 1. The van der Waals surface area contributed by atoms with Gasteiger partial charge in [0.25, 0.3) is 5.69 Å². The van der Waals surface area contributed by atoms with Gasteiger partial charge in [0.1, 0.15) is 12.4 Å². The van der Waals surface area contributed by atoms with Crippen LogP contribution >= 0.6 is 0 Å². The summed E-state index contributed by atoms with van der Waals surface area (Å²) in [4.78, 5) is 33.7. The zero-order chi connectivity index (χ0) is 19.9. The molecule has 10 nitrogen and oxygen atoms in total. The van der Waals surface area contributed by atoms with Crippen LogP contribution < -0.4 is 10.6 Å². The second-order valence-corrected chi connectivity index (χ2v) is 5.73. The van der Waals surface area contributed by atoms with Gasteiger partial charge in [-0.25, -0.2) is 4.98 Å². The number of nitro groups is 1. The van der Waals surface area contributed by atoms with E-state index in [1.54, 1.807) is 36.7 Å². The Hall–Kier alpha value is -4.08. The number of benzene rings is 1. The van der Waals surface area contributed by atoms with E-state index in [1.807, 2.05) is 6.07 Å². The van der Waals surface area contributed by atoms with E-state index in [1.165, 1.54) is 12.1 Å². The molecule has 3 N–H and O–H groups in total. The number of nitrogens with one attached hydrogen (secondary N) is 2. The van der Waals surface area contributed by atoms with E-state index in [0.29, 0.717) is 18.1 Å². The monoisotopic (exact) mass is 380 g/mol. The van der Waals surface area contributed by atoms with Crippen molar-refractivity contribution >= 4 is 23.4 Å². The average molecular weight is 380 g/mol. The van der Waals surface area contributed by atoms with Gasteiger partial charge in [-0.15, -0.1) is 0 Å². The second-order valence-electron chi connectivity index (χ2n) is 5.73. The van der Waals surface area contributed by atoms with Gasteiger partial charge < -0.3 is 15.7 Å². The second kappa shape index (κ2) is 8.54. The van der Waals surface area contributed by atoms with Crippen molar-refractivity contribution in [1.29, 1.82) is 0 Å². The summed E-state index contributed by atoms with van der Waals surface area (Å²) in [6.45, 7) is 0.0537. The predicted molar refractivity (Wildman–Crippen MR) is 102 cm³/mol. The largest absolute Gasteiger partial charge is 0.480 e. The van der Waals surface area contributed by atoms with Crippen LogP contribution in [0.1, 0.15) is 5.56 Å². The van der Waals surface area contributed by atoms with Crippen molar-refractivity contribution in [2.24, 2.45) is 0 Å². The van der Waals surface area contributed by atoms with Crippen LogP contribution in [-0.4, -0.2) is 37.5 Å². The first-order valence-corrected chi connectivity index (χ1v) is 8.23. The maximum Gasteiger partial charge on any atom is 0.322 e. The molecule has 0 spiro atoms. The molecule has 0 amide bonds. The number of hydrogen-bond acceptors (Lipinski definition) is 8. The highest BCUT2D eigenvalue weighted by molar-refractivity contribution is 5.72. The fourth-order valence-electron chi connectivity index (χ4n) is 2.36. The van der Waals surface area contributed by atoms with Gasteiger partial charge in [0, 0.05) is 42.7 Å². The molecule has 28 heavy (non-hydrogen) atoms. The molecule has 3 aromatic rings. The van der Waals surface area contributed by atoms with Gasteiger partial charge in [-0.3, -0.25) is 19.9 Å². The van der Waals surface area contributed by atoms with Gasteiger partial charge >= 0.3 is 5.97 Å². The minimum Gasteiger partial charge on any atom is -0.480 e. The van der Waals surface area contributed by atoms with Gasteiger partial charge in [-0.05, 0) is 17.7 Å². The Balaban J connectivity index is 1.81. The van der Waals surface area contributed by atoms with Gasteiger partial charge in [0.05, 0.1) is 10.6 Å². The summed E-state index contributed by atoms with van der Waals surface area (Å²) in [6, 6.07) is 11.5. The number of non-ortho nitro benzene ring substituents is 1. The standard InChI is InChI=1S/C18H16N6O4/c25-17(26)11-21-18-22-15(13-2-1-7-19-10-13)8-16(23-18)20-9-12-3-5-14(6-4-12)24(27)28/h1-8,10H,9,11H2,(H,25,26)(H2,20,21,22,23). The SMILES string of the molecule is O=C(O)CNc1nc(NCc2ccc([N+](=O)[O-])cc2)cc(-c2cccnc2)n1. The number of carboxylic acid groups (broad SMARTS) is 1. The number of hydrogen-bond donors (Lipinski definition) is 3. The van der Waals surface area contributed by atoms with Crippen LogP contribution in [0.5, 0.6) is 0 Å². The first-order chi connectivity index (χ1) is 13.5. The number of aromatic nitrogens is 3. The Morgan fingerprint density at radius 1 is 1.14 bits per heavy atom. The van der Waals surface area contributed by atoms with Gasteiger partial charge in [-0.1, -0.05) is 12.1 Å². The van der Waals surface area contributed by atoms with Gasteiger partial charge in [0.2, 0.25) is 5.95 Å². The Morgan fingerprint density at radius 3 is 2.57 bits per heavy atom. The van der Waals surface area contributed by atoms with E-state index in [9.17, 15) is 14.9 Å². The van der Waals surface area contributed by atoms with Crippen LogP contribution in [0, 0.1) is 10.1 Å². The fraction of sp³-hybridized carbons (Fsp3) is 0.111. The average Bonchev–Trinajstić information content (AvgIpc) is 2.71. The summed E-state index contributed by atoms with van der Waals surface area (Å²) in [5, 5.41) is 25.4. The van der Waals surface area contributed by atoms with Gasteiger partial charge in [0.15, 0.2) is 0 Å². The van der Waals surface area contributed by atoms with E-state index in [4.69, 9.17) is 5.11 Å². The highest BCUT2D eigenvalue weighted by Crippen LogP contribution is 2.21. The molecule has 142 valence electrons. The van der Waals surface area contributed by atoms with Crippen molar-refractivity contribution in [1.82, 2.24) is 15.0 Å². The summed E-state index contributed by atoms with van der Waals surface area (Å²) in [5.41, 5.74) is 2.17. The van der Waals surface area contributed by atoms with E-state index < -0.39 is 10.9 Å². The number of anilines is 2. The summed E-state index contributed by atoms with van der Waals surface area (Å²) < 4.78 is 0. The lowest BCUT2D eigenvalue weighted by Crippen LogP contribution is -2.15. The van der Waals surface area contributed by atoms with Crippen LogP contribution in [0.3, 0.4) is 0 Å². The molecule has 2 heterocycles. The number of nitro benzene ring substituents is 1. The van der Waals surface area contributed by atoms with Crippen molar-refractivity contribution in [2.45, 2.75) is 6.54 Å². The summed E-state index contributed by atoms with van der Waals surface area (Å²) in [7, 11) is 0. The molecule has 10 heteroatoms. The van der Waals surface area contributed by atoms with E-state index >= 15 is 0 Å². The molecule has 0 saturated heterocycles. The number of pyridine rings is 1. The maximum absolute atomic E-state index is 10.8. The molecule has 0 atom stereocenters. The molecule has 0 bridgehead atoms. The molecule has 2 aromatic heterocycles. The molecule has 0 aliphatic heterocycles. The third-order valence-corrected chi connectivity index (χ3v) is 3.70. The predicted octanol–water partition coefficient (Wildman–Crippen LogP) is 2.56. The van der Waals surface area contributed by atoms with Crippen LogP contribution in [0.4, 0.5) is 17.5 Å². The summed E-state index contributed by atoms with van der Waals surface area (Å²) in [6.07, 6.45) is 3.28. The molecular weight excluding hydrogens is 364 g/mol. The Morgan fingerprint density at radius 2 is 1.93 bits per heavy atom. The number of carboxylic acids is 1. The topological polar surface area (TPSA) is 143 Å². The third kappa shape index (κ3) is 4.97. The molecule has 0 unspecified atom stereocenters. The quantitative estimate of drug-likeness (QED) is 0.397. The number of rotatable bonds is 8. The lowest BCUT2D eigenvalue weighted by Gasteiger charge is -2.11. The van der Waals surface area contributed by atoms with E-state index in [2.05, 4.69) is 25.6 Å². The van der Waals surface area contributed by atoms with Crippen molar-refractivity contribution in [3.63, 3.8) is 0 Å². The molecule has 3 rings (SSSR count). The molecule has 1 aromatic carbocycles. The summed E-state index contributed by atoms with van der Waals surface area (Å²) in [5.74, 6) is -0.397. The highest BCUT2D eigenvalue weighted by Gasteiger charge is 2.09. The zero-order valence-electron chi connectivity index (χ0n) is 14.6. The van der Waals surface area contributed by atoms with Crippen molar-refractivity contribution in [2.75, 3.05) is 17.2 Å². The van der Waals surface area contributed by atoms with E-state index in [0.717, 1.165) is 11.1 Å². The third-order valence-electron chi connectivity index (χ3n) is 3.70.